The summed E-state index contributed by atoms with van der Waals surface area (Å²) in [4.78, 5) is 4.28. The second kappa shape index (κ2) is 4.56. The zero-order valence-corrected chi connectivity index (χ0v) is 7.74. The summed E-state index contributed by atoms with van der Waals surface area (Å²) in [7, 11) is 0. The summed E-state index contributed by atoms with van der Waals surface area (Å²) in [5, 5.41) is 0. The van der Waals surface area contributed by atoms with Crippen LogP contribution >= 0.6 is 11.8 Å². The summed E-state index contributed by atoms with van der Waals surface area (Å²) in [6.07, 6.45) is 1.85. The monoisotopic (exact) mass is 157 g/mol. The van der Waals surface area contributed by atoms with Gasteiger partial charge in [-0.2, -0.15) is 0 Å². The molecule has 0 aliphatic heterocycles. The lowest BCUT2D eigenvalue weighted by atomic mass is 10.1. The summed E-state index contributed by atoms with van der Waals surface area (Å²) >= 11 is 1.71. The molecular formula is C8H15NS. The van der Waals surface area contributed by atoms with Crippen LogP contribution in [0.5, 0.6) is 0 Å². The van der Waals surface area contributed by atoms with Crippen molar-refractivity contribution in [2.45, 2.75) is 26.3 Å². The summed E-state index contributed by atoms with van der Waals surface area (Å²) in [6.45, 7) is 9.87. The Morgan fingerprint density at radius 1 is 1.60 bits per heavy atom. The van der Waals surface area contributed by atoms with E-state index in [2.05, 4.69) is 18.5 Å². The molecule has 0 radical (unpaired) electrons. The Kier molecular flexibility index (Phi) is 4.45. The highest BCUT2D eigenvalue weighted by Crippen LogP contribution is 2.09. The number of rotatable bonds is 4. The van der Waals surface area contributed by atoms with Crippen molar-refractivity contribution in [1.82, 2.24) is 0 Å². The summed E-state index contributed by atoms with van der Waals surface area (Å²) in [5.74, 6) is 1.08. The van der Waals surface area contributed by atoms with E-state index >= 15 is 0 Å². The van der Waals surface area contributed by atoms with E-state index in [0.717, 1.165) is 5.75 Å². The van der Waals surface area contributed by atoms with Gasteiger partial charge < -0.3 is 0 Å². The van der Waals surface area contributed by atoms with Crippen LogP contribution in [0, 0.1) is 0 Å². The van der Waals surface area contributed by atoms with E-state index in [1.165, 1.54) is 0 Å². The Morgan fingerprint density at radius 3 is 2.60 bits per heavy atom. The first-order chi connectivity index (χ1) is 4.62. The van der Waals surface area contributed by atoms with Gasteiger partial charge in [0.2, 0.25) is 0 Å². The molecule has 0 aromatic carbocycles. The van der Waals surface area contributed by atoms with Crippen LogP contribution in [0.1, 0.15) is 20.8 Å². The van der Waals surface area contributed by atoms with Gasteiger partial charge in [0.1, 0.15) is 0 Å². The van der Waals surface area contributed by atoms with Crippen LogP contribution in [0.2, 0.25) is 0 Å². The molecule has 58 valence electrons. The molecule has 0 N–H and O–H groups in total. The topological polar surface area (TPSA) is 12.4 Å². The number of thioether (sulfide) groups is 1. The largest absolute Gasteiger partial charge is 0.276 e. The molecule has 0 spiro atoms. The lowest BCUT2D eigenvalue weighted by Gasteiger charge is -2.11. The maximum absolute atomic E-state index is 4.28. The van der Waals surface area contributed by atoms with E-state index in [1.54, 1.807) is 11.8 Å². The van der Waals surface area contributed by atoms with E-state index in [9.17, 15) is 0 Å². The van der Waals surface area contributed by atoms with Crippen molar-refractivity contribution in [3.63, 3.8) is 0 Å². The highest BCUT2D eigenvalue weighted by Gasteiger charge is 2.07. The average molecular weight is 157 g/mol. The van der Waals surface area contributed by atoms with Crippen LogP contribution in [0.15, 0.2) is 17.6 Å². The minimum atomic E-state index is -0.0951. The quantitative estimate of drug-likeness (QED) is 0.347. The first-order valence-electron chi connectivity index (χ1n) is 3.41. The molecule has 0 saturated heterocycles. The zero-order chi connectivity index (χ0) is 8.04. The molecule has 0 bridgehead atoms. The Labute approximate surface area is 67.6 Å². The zero-order valence-electron chi connectivity index (χ0n) is 6.92. The molecule has 0 amide bonds. The van der Waals surface area contributed by atoms with Gasteiger partial charge in [0.05, 0.1) is 11.1 Å². The van der Waals surface area contributed by atoms with Crippen LogP contribution in [0.3, 0.4) is 0 Å². The van der Waals surface area contributed by atoms with Crippen LogP contribution in [0.4, 0.5) is 0 Å². The lowest BCUT2D eigenvalue weighted by molar-refractivity contribution is 0.664. The minimum Gasteiger partial charge on any atom is -0.276 e. The van der Waals surface area contributed by atoms with Crippen LogP contribution in [0.25, 0.3) is 0 Å². The molecule has 1 nitrogen and oxygen atoms in total. The van der Waals surface area contributed by atoms with Gasteiger partial charge in [-0.15, -0.1) is 18.3 Å². The van der Waals surface area contributed by atoms with Crippen LogP contribution in [-0.2, 0) is 0 Å². The SMILES string of the molecule is C=CC(C)(C)/N=C\SCC. The molecule has 0 fully saturated rings. The third kappa shape index (κ3) is 4.62. The molecule has 0 atom stereocenters. The van der Waals surface area contributed by atoms with Gasteiger partial charge in [0.15, 0.2) is 0 Å². The van der Waals surface area contributed by atoms with Gasteiger partial charge in [0.25, 0.3) is 0 Å². The van der Waals surface area contributed by atoms with Gasteiger partial charge in [-0.05, 0) is 19.6 Å². The van der Waals surface area contributed by atoms with E-state index < -0.39 is 0 Å². The smallest absolute Gasteiger partial charge is 0.0735 e. The molecular weight excluding hydrogens is 142 g/mol. The van der Waals surface area contributed by atoms with Crippen molar-refractivity contribution in [2.75, 3.05) is 5.75 Å². The average Bonchev–Trinajstić information content (AvgIpc) is 1.89. The Morgan fingerprint density at radius 2 is 2.20 bits per heavy atom. The first kappa shape index (κ1) is 9.76. The Bertz CT molecular complexity index is 127. The van der Waals surface area contributed by atoms with Crippen molar-refractivity contribution in [1.29, 1.82) is 0 Å². The van der Waals surface area contributed by atoms with E-state index in [-0.39, 0.29) is 5.54 Å². The Hall–Kier alpha value is -0.240. The normalized spacial score (nSPS) is 12.3. The fourth-order valence-electron chi connectivity index (χ4n) is 0.300. The van der Waals surface area contributed by atoms with E-state index in [4.69, 9.17) is 0 Å². The van der Waals surface area contributed by atoms with Crippen molar-refractivity contribution >= 4 is 17.3 Å². The number of hydrogen-bond donors (Lipinski definition) is 0. The van der Waals surface area contributed by atoms with Crippen LogP contribution in [-0.4, -0.2) is 16.8 Å². The predicted octanol–water partition coefficient (Wildman–Crippen LogP) is 2.73. The number of hydrogen-bond acceptors (Lipinski definition) is 2. The third-order valence-electron chi connectivity index (χ3n) is 1.13. The molecule has 0 aromatic heterocycles. The van der Waals surface area contributed by atoms with Crippen molar-refractivity contribution in [3.05, 3.63) is 12.7 Å². The molecule has 0 unspecified atom stereocenters. The van der Waals surface area contributed by atoms with E-state index in [0.29, 0.717) is 0 Å². The van der Waals surface area contributed by atoms with Gasteiger partial charge in [-0.1, -0.05) is 13.0 Å². The van der Waals surface area contributed by atoms with Crippen molar-refractivity contribution in [2.24, 2.45) is 4.99 Å². The summed E-state index contributed by atoms with van der Waals surface area (Å²) < 4.78 is 0. The summed E-state index contributed by atoms with van der Waals surface area (Å²) in [5.41, 5.74) is 1.80. The van der Waals surface area contributed by atoms with Crippen molar-refractivity contribution < 1.29 is 0 Å². The van der Waals surface area contributed by atoms with Gasteiger partial charge in [-0.25, -0.2) is 0 Å². The minimum absolute atomic E-state index is 0.0951. The molecule has 0 aliphatic carbocycles. The fraction of sp³-hybridized carbons (Fsp3) is 0.625. The van der Waals surface area contributed by atoms with E-state index in [1.807, 2.05) is 25.5 Å². The second-order valence-electron chi connectivity index (χ2n) is 2.55. The molecule has 0 aromatic rings. The summed E-state index contributed by atoms with van der Waals surface area (Å²) in [6, 6.07) is 0. The molecule has 0 aliphatic rings. The molecule has 0 rings (SSSR count). The van der Waals surface area contributed by atoms with Crippen LogP contribution < -0.4 is 0 Å². The maximum atomic E-state index is 4.28. The van der Waals surface area contributed by atoms with Gasteiger partial charge in [-0.3, -0.25) is 4.99 Å². The molecule has 10 heavy (non-hydrogen) atoms. The second-order valence-corrected chi connectivity index (χ2v) is 3.67. The maximum Gasteiger partial charge on any atom is 0.0735 e. The lowest BCUT2D eigenvalue weighted by Crippen LogP contribution is -2.10. The predicted molar refractivity (Wildman–Crippen MR) is 50.9 cm³/mol. The third-order valence-corrected chi connectivity index (χ3v) is 1.71. The highest BCUT2D eigenvalue weighted by atomic mass is 32.2. The Balaban J connectivity index is 3.74. The fourth-order valence-corrected chi connectivity index (χ4v) is 0.796. The van der Waals surface area contributed by atoms with Crippen molar-refractivity contribution in [3.8, 4) is 0 Å². The first-order valence-corrected chi connectivity index (χ1v) is 4.46. The molecule has 0 saturated carbocycles. The number of nitrogens with zero attached hydrogens (tertiary/aromatic N) is 1. The number of aliphatic imine (C=N–C) groups is 1. The standard InChI is InChI=1S/C8H15NS/c1-5-8(3,4)9-7-10-6-2/h5,7H,1,6H2,2-4H3/b9-7-. The molecule has 0 heterocycles. The van der Waals surface area contributed by atoms with Gasteiger partial charge >= 0.3 is 0 Å². The highest BCUT2D eigenvalue weighted by molar-refractivity contribution is 8.12. The van der Waals surface area contributed by atoms with Gasteiger partial charge in [0, 0.05) is 0 Å². The molecule has 2 heteroatoms.